The van der Waals surface area contributed by atoms with Gasteiger partial charge >= 0.3 is 5.97 Å². The largest absolute Gasteiger partial charge is 0.478 e. The number of nitro benzene ring substituents is 1. The van der Waals surface area contributed by atoms with E-state index in [0.29, 0.717) is 5.39 Å². The van der Waals surface area contributed by atoms with Gasteiger partial charge in [0.15, 0.2) is 0 Å². The van der Waals surface area contributed by atoms with Crippen LogP contribution in [0.4, 0.5) is 11.4 Å². The Labute approximate surface area is 140 Å². The summed E-state index contributed by atoms with van der Waals surface area (Å²) in [5.41, 5.74) is -0.118. The van der Waals surface area contributed by atoms with Gasteiger partial charge in [-0.2, -0.15) is 0 Å². The summed E-state index contributed by atoms with van der Waals surface area (Å²) in [6.07, 6.45) is 1.30. The van der Waals surface area contributed by atoms with Crippen LogP contribution in [-0.2, 0) is 0 Å². The molecule has 0 radical (unpaired) electrons. The summed E-state index contributed by atoms with van der Waals surface area (Å²) in [7, 11) is 0. The first kappa shape index (κ1) is 16.1. The third-order valence-electron chi connectivity index (χ3n) is 3.60. The second kappa shape index (κ2) is 6.36. The normalized spacial score (nSPS) is 10.4. The lowest BCUT2D eigenvalue weighted by Crippen LogP contribution is -2.16. The minimum atomic E-state index is -1.18. The molecule has 0 aliphatic carbocycles. The second-order valence-corrected chi connectivity index (χ2v) is 5.09. The van der Waals surface area contributed by atoms with Crippen molar-refractivity contribution < 1.29 is 19.6 Å². The lowest BCUT2D eigenvalue weighted by Gasteiger charge is -2.09. The average Bonchev–Trinajstić information content (AvgIpc) is 2.60. The Morgan fingerprint density at radius 3 is 2.52 bits per heavy atom. The van der Waals surface area contributed by atoms with E-state index in [9.17, 15) is 24.8 Å². The summed E-state index contributed by atoms with van der Waals surface area (Å²) < 4.78 is 0. The van der Waals surface area contributed by atoms with Crippen molar-refractivity contribution in [2.24, 2.45) is 0 Å². The SMILES string of the molecule is O=C(O)c1ccccc1NC(=O)c1nccc2c([N+](=O)[O-])cccc12. The molecule has 0 bridgehead atoms. The lowest BCUT2D eigenvalue weighted by molar-refractivity contribution is -0.383. The summed E-state index contributed by atoms with van der Waals surface area (Å²) >= 11 is 0. The highest BCUT2D eigenvalue weighted by atomic mass is 16.6. The van der Waals surface area contributed by atoms with Crippen LogP contribution in [0.15, 0.2) is 54.7 Å². The molecular weight excluding hydrogens is 326 g/mol. The predicted octanol–water partition coefficient (Wildman–Crippen LogP) is 3.09. The summed E-state index contributed by atoms with van der Waals surface area (Å²) in [6, 6.07) is 11.7. The summed E-state index contributed by atoms with van der Waals surface area (Å²) in [4.78, 5) is 38.4. The van der Waals surface area contributed by atoms with Gasteiger partial charge in [0.2, 0.25) is 0 Å². The maximum absolute atomic E-state index is 12.5. The molecule has 2 aromatic carbocycles. The Bertz CT molecular complexity index is 1020. The van der Waals surface area contributed by atoms with Gasteiger partial charge < -0.3 is 10.4 Å². The maximum Gasteiger partial charge on any atom is 0.337 e. The summed E-state index contributed by atoms with van der Waals surface area (Å²) in [5.74, 6) is -1.84. The molecule has 0 saturated carbocycles. The number of fused-ring (bicyclic) bond motifs is 1. The van der Waals surface area contributed by atoms with E-state index in [4.69, 9.17) is 0 Å². The lowest BCUT2D eigenvalue weighted by atomic mass is 10.1. The van der Waals surface area contributed by atoms with E-state index in [1.54, 1.807) is 18.2 Å². The molecule has 1 amide bonds. The van der Waals surface area contributed by atoms with E-state index in [2.05, 4.69) is 10.3 Å². The first-order valence-corrected chi connectivity index (χ1v) is 7.15. The number of carbonyl (C=O) groups excluding carboxylic acids is 1. The number of pyridine rings is 1. The van der Waals surface area contributed by atoms with Crippen LogP contribution < -0.4 is 5.32 Å². The molecule has 2 N–H and O–H groups in total. The van der Waals surface area contributed by atoms with Crippen molar-refractivity contribution >= 4 is 34.0 Å². The van der Waals surface area contributed by atoms with E-state index in [1.807, 2.05) is 0 Å². The fourth-order valence-electron chi connectivity index (χ4n) is 2.49. The number of anilines is 1. The van der Waals surface area contributed by atoms with Crippen LogP contribution >= 0.6 is 0 Å². The van der Waals surface area contributed by atoms with Gasteiger partial charge in [0.05, 0.1) is 21.6 Å². The number of aromatic nitrogens is 1. The molecule has 1 aromatic heterocycles. The number of non-ortho nitro benzene ring substituents is 1. The van der Waals surface area contributed by atoms with Crippen LogP contribution in [0.5, 0.6) is 0 Å². The van der Waals surface area contributed by atoms with Gasteiger partial charge in [-0.3, -0.25) is 19.9 Å². The topological polar surface area (TPSA) is 122 Å². The zero-order valence-electron chi connectivity index (χ0n) is 12.7. The number of benzene rings is 2. The number of hydrogen-bond acceptors (Lipinski definition) is 5. The standard InChI is InChI=1S/C17H11N3O5/c21-16(19-13-6-2-1-4-12(13)17(22)23)15-11-5-3-7-14(20(24)25)10(11)8-9-18-15/h1-9H,(H,19,21)(H,22,23). The summed E-state index contributed by atoms with van der Waals surface area (Å²) in [5, 5.41) is 23.4. The number of aromatic carboxylic acids is 1. The highest BCUT2D eigenvalue weighted by molar-refractivity contribution is 6.14. The van der Waals surface area contributed by atoms with Crippen molar-refractivity contribution in [2.75, 3.05) is 5.32 Å². The number of nitrogens with zero attached hydrogens (tertiary/aromatic N) is 2. The minimum absolute atomic E-state index is 0.0265. The molecule has 8 nitrogen and oxygen atoms in total. The Balaban J connectivity index is 2.06. The number of carboxylic acid groups (broad SMARTS) is 1. The third kappa shape index (κ3) is 3.00. The van der Waals surface area contributed by atoms with Crippen molar-refractivity contribution in [1.29, 1.82) is 0 Å². The van der Waals surface area contributed by atoms with E-state index in [0.717, 1.165) is 0 Å². The van der Waals surface area contributed by atoms with Gasteiger partial charge in [0.1, 0.15) is 5.69 Å². The van der Waals surface area contributed by atoms with Gasteiger partial charge in [-0.25, -0.2) is 4.79 Å². The molecule has 25 heavy (non-hydrogen) atoms. The van der Waals surface area contributed by atoms with Crippen molar-refractivity contribution in [3.8, 4) is 0 Å². The number of amides is 1. The number of rotatable bonds is 4. The van der Waals surface area contributed by atoms with Crippen molar-refractivity contribution in [3.05, 3.63) is 76.1 Å². The van der Waals surface area contributed by atoms with Crippen molar-refractivity contribution in [3.63, 3.8) is 0 Å². The zero-order chi connectivity index (χ0) is 18.0. The maximum atomic E-state index is 12.5. The number of nitro groups is 1. The van der Waals surface area contributed by atoms with Gasteiger partial charge in [-0.05, 0) is 18.2 Å². The molecule has 0 saturated heterocycles. The van der Waals surface area contributed by atoms with Gasteiger partial charge in [-0.1, -0.05) is 24.3 Å². The van der Waals surface area contributed by atoms with Crippen LogP contribution in [-0.4, -0.2) is 26.9 Å². The Morgan fingerprint density at radius 2 is 1.80 bits per heavy atom. The van der Waals surface area contributed by atoms with Crippen molar-refractivity contribution in [2.45, 2.75) is 0 Å². The molecule has 0 aliphatic heterocycles. The molecule has 3 aromatic rings. The van der Waals surface area contributed by atoms with Gasteiger partial charge in [0, 0.05) is 17.6 Å². The second-order valence-electron chi connectivity index (χ2n) is 5.09. The molecule has 0 fully saturated rings. The molecule has 8 heteroatoms. The quantitative estimate of drug-likeness (QED) is 0.557. The Morgan fingerprint density at radius 1 is 1.04 bits per heavy atom. The zero-order valence-corrected chi connectivity index (χ0v) is 12.7. The number of carbonyl (C=O) groups is 2. The molecule has 3 rings (SSSR count). The number of nitrogens with one attached hydrogen (secondary N) is 1. The van der Waals surface area contributed by atoms with Crippen LogP contribution in [0.2, 0.25) is 0 Å². The molecule has 0 unspecified atom stereocenters. The van der Waals surface area contributed by atoms with E-state index in [1.165, 1.54) is 36.5 Å². The monoisotopic (exact) mass is 337 g/mol. The molecule has 124 valence electrons. The number of hydrogen-bond donors (Lipinski definition) is 2. The molecule has 0 atom stereocenters. The minimum Gasteiger partial charge on any atom is -0.478 e. The smallest absolute Gasteiger partial charge is 0.337 e. The summed E-state index contributed by atoms with van der Waals surface area (Å²) in [6.45, 7) is 0. The molecule has 0 spiro atoms. The van der Waals surface area contributed by atoms with Crippen LogP contribution in [0, 0.1) is 10.1 Å². The van der Waals surface area contributed by atoms with E-state index >= 15 is 0 Å². The van der Waals surface area contributed by atoms with Crippen LogP contribution in [0.25, 0.3) is 10.8 Å². The highest BCUT2D eigenvalue weighted by Crippen LogP contribution is 2.27. The van der Waals surface area contributed by atoms with Gasteiger partial charge in [-0.15, -0.1) is 0 Å². The average molecular weight is 337 g/mol. The number of para-hydroxylation sites is 1. The molecule has 1 heterocycles. The van der Waals surface area contributed by atoms with E-state index in [-0.39, 0.29) is 28.0 Å². The highest BCUT2D eigenvalue weighted by Gasteiger charge is 2.19. The first-order chi connectivity index (χ1) is 12.0. The third-order valence-corrected chi connectivity index (χ3v) is 3.60. The Hall–Kier alpha value is -3.81. The fraction of sp³-hybridized carbons (Fsp3) is 0. The molecule has 0 aliphatic rings. The van der Waals surface area contributed by atoms with Gasteiger partial charge in [0.25, 0.3) is 11.6 Å². The first-order valence-electron chi connectivity index (χ1n) is 7.15. The molecular formula is C17H11N3O5. The van der Waals surface area contributed by atoms with Crippen molar-refractivity contribution in [1.82, 2.24) is 4.98 Å². The van der Waals surface area contributed by atoms with Crippen LogP contribution in [0.1, 0.15) is 20.8 Å². The fourth-order valence-corrected chi connectivity index (χ4v) is 2.49. The number of carboxylic acids is 1. The van der Waals surface area contributed by atoms with E-state index < -0.39 is 16.8 Å². The van der Waals surface area contributed by atoms with Crippen LogP contribution in [0.3, 0.4) is 0 Å². The predicted molar refractivity (Wildman–Crippen MR) is 89.8 cm³/mol. The Kier molecular flexibility index (Phi) is 4.09.